The molecule has 0 spiro atoms. The van der Waals surface area contributed by atoms with Gasteiger partial charge in [-0.15, -0.1) is 0 Å². The molecule has 0 aliphatic carbocycles. The minimum Gasteiger partial charge on any atom is -0.334 e. The Balaban J connectivity index is 1.84. The molecule has 1 atom stereocenters. The molecule has 2 heterocycles. The smallest absolute Gasteiger partial charge is 0.317 e. The Hall–Kier alpha value is -0.820. The molecule has 0 aromatic heterocycles. The molecule has 2 fully saturated rings. The summed E-state index contributed by atoms with van der Waals surface area (Å²) in [6, 6.07) is -0.323. The lowest BCUT2D eigenvalue weighted by atomic mass is 10.3. The molecule has 2 amide bonds. The van der Waals surface area contributed by atoms with E-state index in [-0.39, 0.29) is 23.6 Å². The normalized spacial score (nSPS) is 28.9. The SMILES string of the molecule is CN1CCCN(C(=O)N[C@H]2CCS(=O)(=O)C2)CC1. The van der Waals surface area contributed by atoms with Gasteiger partial charge < -0.3 is 15.1 Å². The van der Waals surface area contributed by atoms with E-state index < -0.39 is 9.84 Å². The number of nitrogens with one attached hydrogen (secondary N) is 1. The van der Waals surface area contributed by atoms with Crippen LogP contribution in [-0.4, -0.2) is 75.0 Å². The molecule has 6 nitrogen and oxygen atoms in total. The molecule has 2 rings (SSSR count). The fourth-order valence-electron chi connectivity index (χ4n) is 2.42. The van der Waals surface area contributed by atoms with Gasteiger partial charge in [-0.25, -0.2) is 13.2 Å². The zero-order valence-corrected chi connectivity index (χ0v) is 11.6. The average molecular weight is 275 g/mol. The second-order valence-electron chi connectivity index (χ2n) is 5.19. The third kappa shape index (κ3) is 3.58. The van der Waals surface area contributed by atoms with Crippen molar-refractivity contribution in [2.75, 3.05) is 44.7 Å². The summed E-state index contributed by atoms with van der Waals surface area (Å²) in [7, 11) is -0.883. The summed E-state index contributed by atoms with van der Waals surface area (Å²) in [6.07, 6.45) is 1.51. The van der Waals surface area contributed by atoms with Gasteiger partial charge >= 0.3 is 6.03 Å². The van der Waals surface area contributed by atoms with Gasteiger partial charge in [0.2, 0.25) is 0 Å². The molecule has 104 valence electrons. The summed E-state index contributed by atoms with van der Waals surface area (Å²) in [5, 5.41) is 2.84. The summed E-state index contributed by atoms with van der Waals surface area (Å²) < 4.78 is 22.7. The first-order valence-corrected chi connectivity index (χ1v) is 8.23. The van der Waals surface area contributed by atoms with Crippen molar-refractivity contribution in [3.05, 3.63) is 0 Å². The monoisotopic (exact) mass is 275 g/mol. The first kappa shape index (κ1) is 13.6. The summed E-state index contributed by atoms with van der Waals surface area (Å²) in [5.74, 6) is 0.285. The molecule has 0 unspecified atom stereocenters. The molecule has 0 saturated carbocycles. The van der Waals surface area contributed by atoms with Gasteiger partial charge in [-0.2, -0.15) is 0 Å². The fourth-order valence-corrected chi connectivity index (χ4v) is 4.10. The Morgan fingerprint density at radius 3 is 2.67 bits per heavy atom. The van der Waals surface area contributed by atoms with E-state index in [1.54, 1.807) is 4.90 Å². The van der Waals surface area contributed by atoms with Crippen molar-refractivity contribution in [3.63, 3.8) is 0 Å². The lowest BCUT2D eigenvalue weighted by Crippen LogP contribution is -2.46. The minimum absolute atomic E-state index is 0.0898. The molecule has 1 N–H and O–H groups in total. The number of sulfone groups is 1. The van der Waals surface area contributed by atoms with E-state index in [0.717, 1.165) is 26.1 Å². The molecule has 2 aliphatic heterocycles. The number of rotatable bonds is 1. The maximum Gasteiger partial charge on any atom is 0.317 e. The molecule has 18 heavy (non-hydrogen) atoms. The van der Waals surface area contributed by atoms with E-state index in [1.165, 1.54) is 0 Å². The third-order valence-corrected chi connectivity index (χ3v) is 5.33. The van der Waals surface area contributed by atoms with Crippen molar-refractivity contribution in [1.82, 2.24) is 15.1 Å². The van der Waals surface area contributed by atoms with Crippen LogP contribution in [0.1, 0.15) is 12.8 Å². The molecule has 2 saturated heterocycles. The third-order valence-electron chi connectivity index (χ3n) is 3.57. The number of hydrogen-bond acceptors (Lipinski definition) is 4. The highest BCUT2D eigenvalue weighted by molar-refractivity contribution is 7.91. The summed E-state index contributed by atoms with van der Waals surface area (Å²) in [6.45, 7) is 3.33. The highest BCUT2D eigenvalue weighted by atomic mass is 32.2. The Labute approximate surface area is 108 Å². The molecule has 0 bridgehead atoms. The maximum atomic E-state index is 12.0. The van der Waals surface area contributed by atoms with Crippen molar-refractivity contribution in [2.24, 2.45) is 0 Å². The van der Waals surface area contributed by atoms with Crippen molar-refractivity contribution in [1.29, 1.82) is 0 Å². The number of amides is 2. The number of hydrogen-bond donors (Lipinski definition) is 1. The minimum atomic E-state index is -2.93. The lowest BCUT2D eigenvalue weighted by Gasteiger charge is -2.23. The number of carbonyl (C=O) groups excluding carboxylic acids is 1. The van der Waals surface area contributed by atoms with Crippen LogP contribution in [0.5, 0.6) is 0 Å². The van der Waals surface area contributed by atoms with Gasteiger partial charge in [0.25, 0.3) is 0 Å². The zero-order chi connectivity index (χ0) is 13.2. The Morgan fingerprint density at radius 1 is 1.22 bits per heavy atom. The van der Waals surface area contributed by atoms with Crippen LogP contribution in [0, 0.1) is 0 Å². The molecule has 0 aromatic carbocycles. The zero-order valence-electron chi connectivity index (χ0n) is 10.8. The van der Waals surface area contributed by atoms with Gasteiger partial charge in [-0.1, -0.05) is 0 Å². The second kappa shape index (κ2) is 5.44. The molecular weight excluding hydrogens is 254 g/mol. The molecule has 2 aliphatic rings. The van der Waals surface area contributed by atoms with E-state index in [4.69, 9.17) is 0 Å². The van der Waals surface area contributed by atoms with E-state index in [2.05, 4.69) is 10.2 Å². The number of urea groups is 1. The Morgan fingerprint density at radius 2 is 2.00 bits per heavy atom. The summed E-state index contributed by atoms with van der Waals surface area (Å²) >= 11 is 0. The Kier molecular flexibility index (Phi) is 4.11. The summed E-state index contributed by atoms with van der Waals surface area (Å²) in [5.41, 5.74) is 0. The van der Waals surface area contributed by atoms with Gasteiger partial charge in [0.15, 0.2) is 9.84 Å². The topological polar surface area (TPSA) is 69.7 Å². The van der Waals surface area contributed by atoms with E-state index in [1.807, 2.05) is 7.05 Å². The van der Waals surface area contributed by atoms with E-state index in [0.29, 0.717) is 13.0 Å². The number of carbonyl (C=O) groups is 1. The first-order chi connectivity index (χ1) is 8.46. The van der Waals surface area contributed by atoms with Crippen LogP contribution in [-0.2, 0) is 9.84 Å². The predicted molar refractivity (Wildman–Crippen MR) is 69.3 cm³/mol. The second-order valence-corrected chi connectivity index (χ2v) is 7.42. The van der Waals surface area contributed by atoms with Crippen LogP contribution in [0.15, 0.2) is 0 Å². The molecule has 0 radical (unpaired) electrons. The van der Waals surface area contributed by atoms with Crippen LogP contribution >= 0.6 is 0 Å². The molecule has 7 heteroatoms. The molecular formula is C11H21N3O3S. The van der Waals surface area contributed by atoms with Crippen molar-refractivity contribution >= 4 is 15.9 Å². The van der Waals surface area contributed by atoms with Crippen LogP contribution in [0.25, 0.3) is 0 Å². The van der Waals surface area contributed by atoms with Crippen LogP contribution in [0.4, 0.5) is 4.79 Å². The Bertz CT molecular complexity index is 410. The highest BCUT2D eigenvalue weighted by Gasteiger charge is 2.30. The van der Waals surface area contributed by atoms with E-state index in [9.17, 15) is 13.2 Å². The van der Waals surface area contributed by atoms with Crippen molar-refractivity contribution in [2.45, 2.75) is 18.9 Å². The van der Waals surface area contributed by atoms with Gasteiger partial charge in [0.05, 0.1) is 11.5 Å². The van der Waals surface area contributed by atoms with Gasteiger partial charge in [-0.3, -0.25) is 0 Å². The van der Waals surface area contributed by atoms with Crippen LogP contribution in [0.2, 0.25) is 0 Å². The van der Waals surface area contributed by atoms with Gasteiger partial charge in [0, 0.05) is 25.7 Å². The van der Waals surface area contributed by atoms with Gasteiger partial charge in [0.1, 0.15) is 0 Å². The van der Waals surface area contributed by atoms with Crippen molar-refractivity contribution in [3.8, 4) is 0 Å². The predicted octanol–water partition coefficient (Wildman–Crippen LogP) is -0.479. The first-order valence-electron chi connectivity index (χ1n) is 6.41. The highest BCUT2D eigenvalue weighted by Crippen LogP contribution is 2.12. The van der Waals surface area contributed by atoms with Crippen LogP contribution < -0.4 is 5.32 Å². The molecule has 0 aromatic rings. The largest absolute Gasteiger partial charge is 0.334 e. The van der Waals surface area contributed by atoms with Crippen molar-refractivity contribution < 1.29 is 13.2 Å². The fraction of sp³-hybridized carbons (Fsp3) is 0.909. The number of nitrogens with zero attached hydrogens (tertiary/aromatic N) is 2. The summed E-state index contributed by atoms with van der Waals surface area (Å²) in [4.78, 5) is 16.0. The average Bonchev–Trinajstić information content (AvgIpc) is 2.50. The maximum absolute atomic E-state index is 12.0. The van der Waals surface area contributed by atoms with Gasteiger partial charge in [-0.05, 0) is 26.4 Å². The standard InChI is InChI=1S/C11H21N3O3S/c1-13-4-2-5-14(7-6-13)11(15)12-10-3-8-18(16,17)9-10/h10H,2-9H2,1H3,(H,12,15)/t10-/m0/s1. The lowest BCUT2D eigenvalue weighted by molar-refractivity contribution is 0.196. The number of likely N-dealkylation sites (N-methyl/N-ethyl adjacent to an activating group) is 1. The van der Waals surface area contributed by atoms with E-state index >= 15 is 0 Å². The van der Waals surface area contributed by atoms with Crippen LogP contribution in [0.3, 0.4) is 0 Å². The quantitative estimate of drug-likeness (QED) is 0.702.